The molecule has 1 N–H and O–H groups in total. The number of thiazole rings is 1. The molecule has 0 unspecified atom stereocenters. The second-order valence-corrected chi connectivity index (χ2v) is 4.47. The van der Waals surface area contributed by atoms with Gasteiger partial charge in [-0.05, 0) is 31.3 Å². The van der Waals surface area contributed by atoms with E-state index < -0.39 is 0 Å². The first-order chi connectivity index (χ1) is 6.18. The van der Waals surface area contributed by atoms with E-state index in [-0.39, 0.29) is 5.78 Å². The highest BCUT2D eigenvalue weighted by Gasteiger charge is 2.06. The van der Waals surface area contributed by atoms with E-state index in [2.05, 4.69) is 4.98 Å². The van der Waals surface area contributed by atoms with Crippen LogP contribution in [0.3, 0.4) is 0 Å². The number of fused-ring (bicyclic) bond motifs is 1. The molecular formula is C9H7NOS2. The molecule has 2 aromatic rings. The minimum atomic E-state index is 0.0645. The van der Waals surface area contributed by atoms with Gasteiger partial charge >= 0.3 is 0 Å². The summed E-state index contributed by atoms with van der Waals surface area (Å²) in [5.41, 5.74) is 1.58. The van der Waals surface area contributed by atoms with Gasteiger partial charge in [-0.2, -0.15) is 0 Å². The van der Waals surface area contributed by atoms with Crippen LogP contribution in [0, 0.1) is 3.95 Å². The number of aromatic amines is 1. The highest BCUT2D eigenvalue weighted by molar-refractivity contribution is 7.73. The van der Waals surface area contributed by atoms with Crippen molar-refractivity contribution in [2.75, 3.05) is 0 Å². The molecule has 1 aromatic heterocycles. The number of nitrogens with one attached hydrogen (secondary N) is 1. The molecule has 0 spiro atoms. The number of ketones is 1. The lowest BCUT2D eigenvalue weighted by Gasteiger charge is -1.95. The lowest BCUT2D eigenvalue weighted by atomic mass is 10.1. The van der Waals surface area contributed by atoms with E-state index in [9.17, 15) is 4.79 Å². The van der Waals surface area contributed by atoms with Crippen molar-refractivity contribution in [3.8, 4) is 0 Å². The maximum absolute atomic E-state index is 11.2. The third-order valence-corrected chi connectivity index (χ3v) is 3.03. The van der Waals surface area contributed by atoms with Crippen LogP contribution in [0.5, 0.6) is 0 Å². The molecule has 0 fully saturated rings. The van der Waals surface area contributed by atoms with E-state index in [4.69, 9.17) is 12.2 Å². The van der Waals surface area contributed by atoms with Crippen molar-refractivity contribution in [1.29, 1.82) is 0 Å². The van der Waals surface area contributed by atoms with Gasteiger partial charge in [0.2, 0.25) is 0 Å². The van der Waals surface area contributed by atoms with Crippen LogP contribution in [-0.4, -0.2) is 10.8 Å². The van der Waals surface area contributed by atoms with E-state index >= 15 is 0 Å². The number of aromatic nitrogens is 1. The number of carbonyl (C=O) groups is 1. The summed E-state index contributed by atoms with van der Waals surface area (Å²) in [5, 5.41) is 0. The molecule has 0 aliphatic heterocycles. The second-order valence-electron chi connectivity index (χ2n) is 2.75. The molecule has 1 heterocycles. The number of benzene rings is 1. The first-order valence-corrected chi connectivity index (χ1v) is 5.04. The Kier molecular flexibility index (Phi) is 2.01. The van der Waals surface area contributed by atoms with Crippen LogP contribution in [0.15, 0.2) is 18.2 Å². The summed E-state index contributed by atoms with van der Waals surface area (Å²) in [6, 6.07) is 5.64. The molecule has 1 aromatic carbocycles. The van der Waals surface area contributed by atoms with Gasteiger partial charge in [0.1, 0.15) is 0 Å². The third kappa shape index (κ3) is 1.43. The van der Waals surface area contributed by atoms with Gasteiger partial charge in [-0.15, -0.1) is 11.3 Å². The topological polar surface area (TPSA) is 32.9 Å². The largest absolute Gasteiger partial charge is 0.336 e. The summed E-state index contributed by atoms with van der Waals surface area (Å²) in [5.74, 6) is 0.0645. The van der Waals surface area contributed by atoms with E-state index in [1.807, 2.05) is 18.2 Å². The standard InChI is InChI=1S/C9H7NOS2/c1-5(11)6-3-2-4-7-8(6)10-9(12)13-7/h2-4H,1H3,(H,10,12). The van der Waals surface area contributed by atoms with Gasteiger partial charge in [0, 0.05) is 5.56 Å². The quantitative estimate of drug-likeness (QED) is 0.578. The average molecular weight is 209 g/mol. The fraction of sp³-hybridized carbons (Fsp3) is 0.111. The number of hydrogen-bond acceptors (Lipinski definition) is 3. The first kappa shape index (κ1) is 8.59. The first-order valence-electron chi connectivity index (χ1n) is 3.81. The second kappa shape index (κ2) is 3.05. The molecule has 0 saturated heterocycles. The maximum Gasteiger partial charge on any atom is 0.161 e. The van der Waals surface area contributed by atoms with Crippen LogP contribution in [0.25, 0.3) is 10.2 Å². The van der Waals surface area contributed by atoms with Crippen LogP contribution >= 0.6 is 23.6 Å². The van der Waals surface area contributed by atoms with E-state index in [1.165, 1.54) is 11.3 Å². The van der Waals surface area contributed by atoms with Gasteiger partial charge in [0.05, 0.1) is 10.2 Å². The number of hydrogen-bond donors (Lipinski definition) is 1. The van der Waals surface area contributed by atoms with Gasteiger partial charge < -0.3 is 4.98 Å². The molecule has 0 atom stereocenters. The van der Waals surface area contributed by atoms with Crippen molar-refractivity contribution in [2.24, 2.45) is 0 Å². The molecule has 0 aliphatic rings. The molecule has 2 rings (SSSR count). The fourth-order valence-electron chi connectivity index (χ4n) is 1.27. The maximum atomic E-state index is 11.2. The Balaban J connectivity index is 2.90. The number of para-hydroxylation sites is 1. The van der Waals surface area contributed by atoms with Crippen molar-refractivity contribution in [3.63, 3.8) is 0 Å². The molecule has 0 aliphatic carbocycles. The third-order valence-electron chi connectivity index (χ3n) is 1.84. The van der Waals surface area contributed by atoms with Gasteiger partial charge in [0.25, 0.3) is 0 Å². The molecule has 66 valence electrons. The van der Waals surface area contributed by atoms with Crippen molar-refractivity contribution in [2.45, 2.75) is 6.92 Å². The zero-order chi connectivity index (χ0) is 9.42. The zero-order valence-corrected chi connectivity index (χ0v) is 8.59. The Morgan fingerprint density at radius 2 is 2.31 bits per heavy atom. The summed E-state index contributed by atoms with van der Waals surface area (Å²) in [7, 11) is 0. The van der Waals surface area contributed by atoms with Crippen molar-refractivity contribution in [1.82, 2.24) is 4.98 Å². The van der Waals surface area contributed by atoms with E-state index in [1.54, 1.807) is 6.92 Å². The van der Waals surface area contributed by atoms with Gasteiger partial charge in [-0.1, -0.05) is 6.07 Å². The Hall–Kier alpha value is -1.00. The Morgan fingerprint density at radius 3 is 3.00 bits per heavy atom. The van der Waals surface area contributed by atoms with Gasteiger partial charge in [0.15, 0.2) is 9.74 Å². The molecule has 13 heavy (non-hydrogen) atoms. The molecule has 2 nitrogen and oxygen atoms in total. The number of carbonyl (C=O) groups excluding carboxylic acids is 1. The van der Waals surface area contributed by atoms with Crippen LogP contribution in [0.1, 0.15) is 17.3 Å². The number of H-pyrrole nitrogens is 1. The highest BCUT2D eigenvalue weighted by Crippen LogP contribution is 2.22. The Morgan fingerprint density at radius 1 is 1.54 bits per heavy atom. The molecular weight excluding hydrogens is 202 g/mol. The molecule has 0 bridgehead atoms. The van der Waals surface area contributed by atoms with E-state index in [0.29, 0.717) is 9.52 Å². The number of rotatable bonds is 1. The lowest BCUT2D eigenvalue weighted by Crippen LogP contribution is -1.92. The average Bonchev–Trinajstić information content (AvgIpc) is 2.43. The van der Waals surface area contributed by atoms with Crippen molar-refractivity contribution >= 4 is 39.6 Å². The zero-order valence-electron chi connectivity index (χ0n) is 6.96. The summed E-state index contributed by atoms with van der Waals surface area (Å²) >= 11 is 6.50. The minimum Gasteiger partial charge on any atom is -0.336 e. The lowest BCUT2D eigenvalue weighted by molar-refractivity contribution is 0.101. The van der Waals surface area contributed by atoms with Crippen LogP contribution in [-0.2, 0) is 0 Å². The minimum absolute atomic E-state index is 0.0645. The predicted octanol–water partition coefficient (Wildman–Crippen LogP) is 3.16. The molecule has 4 heteroatoms. The Bertz CT molecular complexity index is 524. The Labute approximate surface area is 84.2 Å². The number of Topliss-reactive ketones (excluding diaryl/α,β-unsaturated/α-hetero) is 1. The van der Waals surface area contributed by atoms with Gasteiger partial charge in [-0.3, -0.25) is 4.79 Å². The fourth-order valence-corrected chi connectivity index (χ4v) is 2.40. The normalized spacial score (nSPS) is 10.5. The molecule has 0 amide bonds. The van der Waals surface area contributed by atoms with Crippen LogP contribution in [0.4, 0.5) is 0 Å². The smallest absolute Gasteiger partial charge is 0.161 e. The van der Waals surface area contributed by atoms with Crippen LogP contribution in [0.2, 0.25) is 0 Å². The van der Waals surface area contributed by atoms with Crippen molar-refractivity contribution < 1.29 is 4.79 Å². The summed E-state index contributed by atoms with van der Waals surface area (Å²) < 4.78 is 1.75. The van der Waals surface area contributed by atoms with Crippen LogP contribution < -0.4 is 0 Å². The predicted molar refractivity (Wildman–Crippen MR) is 57.0 cm³/mol. The summed E-state index contributed by atoms with van der Waals surface area (Å²) in [6.07, 6.45) is 0. The highest BCUT2D eigenvalue weighted by atomic mass is 32.1. The van der Waals surface area contributed by atoms with Gasteiger partial charge in [-0.25, -0.2) is 0 Å². The van der Waals surface area contributed by atoms with E-state index in [0.717, 1.165) is 10.2 Å². The monoisotopic (exact) mass is 209 g/mol. The van der Waals surface area contributed by atoms with Crippen molar-refractivity contribution in [3.05, 3.63) is 27.7 Å². The summed E-state index contributed by atoms with van der Waals surface area (Å²) in [4.78, 5) is 14.2. The SMILES string of the molecule is CC(=O)c1cccc2sc(=S)[nH]c12. The molecule has 0 saturated carbocycles. The molecule has 0 radical (unpaired) electrons. The summed E-state index contributed by atoms with van der Waals surface area (Å²) in [6.45, 7) is 1.56.